The van der Waals surface area contributed by atoms with Gasteiger partial charge in [-0.3, -0.25) is 9.78 Å². The molecule has 96 valence electrons. The lowest BCUT2D eigenvalue weighted by atomic mass is 10.2. The summed E-state index contributed by atoms with van der Waals surface area (Å²) >= 11 is 0. The predicted octanol–water partition coefficient (Wildman–Crippen LogP) is 2.12. The lowest BCUT2D eigenvalue weighted by molar-refractivity contribution is 0.0728. The van der Waals surface area contributed by atoms with Gasteiger partial charge >= 0.3 is 5.97 Å². The van der Waals surface area contributed by atoms with Crippen LogP contribution in [0.15, 0.2) is 42.7 Å². The van der Waals surface area contributed by atoms with Crippen molar-refractivity contribution in [3.63, 3.8) is 0 Å². The smallest absolute Gasteiger partial charge is 0.345 e. The molecular weight excluding hydrogens is 246 g/mol. The third kappa shape index (κ3) is 2.95. The van der Waals surface area contributed by atoms with Gasteiger partial charge in [0.15, 0.2) is 11.5 Å². The van der Waals surface area contributed by atoms with Gasteiger partial charge in [0.1, 0.15) is 6.29 Å². The summed E-state index contributed by atoms with van der Waals surface area (Å²) in [4.78, 5) is 26.4. The monoisotopic (exact) mass is 257 g/mol. The van der Waals surface area contributed by atoms with E-state index in [0.29, 0.717) is 23.2 Å². The number of hydrogen-bond donors (Lipinski definition) is 0. The van der Waals surface area contributed by atoms with Crippen LogP contribution in [0.4, 0.5) is 0 Å². The molecule has 0 saturated heterocycles. The van der Waals surface area contributed by atoms with Gasteiger partial charge in [-0.25, -0.2) is 4.79 Å². The van der Waals surface area contributed by atoms with E-state index in [2.05, 4.69) is 4.98 Å². The van der Waals surface area contributed by atoms with Crippen LogP contribution in [0.1, 0.15) is 20.7 Å². The molecule has 0 radical (unpaired) electrons. The fraction of sp³-hybridized carbons (Fsp3) is 0.0714. The molecule has 0 fully saturated rings. The van der Waals surface area contributed by atoms with Gasteiger partial charge in [0, 0.05) is 18.0 Å². The molecule has 0 amide bonds. The molecule has 19 heavy (non-hydrogen) atoms. The van der Waals surface area contributed by atoms with E-state index in [4.69, 9.17) is 9.47 Å². The van der Waals surface area contributed by atoms with Crippen molar-refractivity contribution in [3.8, 4) is 11.5 Å². The number of hydrogen-bond acceptors (Lipinski definition) is 5. The summed E-state index contributed by atoms with van der Waals surface area (Å²) in [7, 11) is 1.46. The van der Waals surface area contributed by atoms with Crippen molar-refractivity contribution in [1.82, 2.24) is 4.98 Å². The van der Waals surface area contributed by atoms with Crippen LogP contribution in [0.2, 0.25) is 0 Å². The van der Waals surface area contributed by atoms with Gasteiger partial charge in [0.05, 0.1) is 12.7 Å². The van der Waals surface area contributed by atoms with Crippen molar-refractivity contribution in [2.24, 2.45) is 0 Å². The van der Waals surface area contributed by atoms with E-state index in [1.54, 1.807) is 30.5 Å². The molecule has 5 nitrogen and oxygen atoms in total. The first-order chi connectivity index (χ1) is 9.24. The summed E-state index contributed by atoms with van der Waals surface area (Å²) in [5.74, 6) is 0.0123. The van der Waals surface area contributed by atoms with Crippen LogP contribution in [-0.2, 0) is 0 Å². The van der Waals surface area contributed by atoms with Crippen LogP contribution in [0.3, 0.4) is 0 Å². The van der Waals surface area contributed by atoms with E-state index >= 15 is 0 Å². The molecule has 0 atom stereocenters. The molecule has 2 aromatic rings. The molecule has 0 spiro atoms. The number of carbonyl (C=O) groups is 2. The first kappa shape index (κ1) is 12.8. The zero-order valence-electron chi connectivity index (χ0n) is 10.2. The Morgan fingerprint density at radius 1 is 1.26 bits per heavy atom. The number of rotatable bonds is 4. The number of carbonyl (C=O) groups excluding carboxylic acids is 2. The Labute approximate surface area is 109 Å². The third-order valence-electron chi connectivity index (χ3n) is 2.42. The quantitative estimate of drug-likeness (QED) is 0.477. The maximum Gasteiger partial charge on any atom is 0.345 e. The molecule has 1 aromatic carbocycles. The number of pyridine rings is 1. The van der Waals surface area contributed by atoms with Gasteiger partial charge in [-0.1, -0.05) is 0 Å². The Bertz CT molecular complexity index is 596. The Morgan fingerprint density at radius 2 is 2.11 bits per heavy atom. The highest BCUT2D eigenvalue weighted by atomic mass is 16.6. The van der Waals surface area contributed by atoms with E-state index in [-0.39, 0.29) is 5.75 Å². The first-order valence-electron chi connectivity index (χ1n) is 5.50. The minimum atomic E-state index is -0.561. The highest BCUT2D eigenvalue weighted by Gasteiger charge is 2.12. The molecule has 1 aromatic heterocycles. The van der Waals surface area contributed by atoms with Crippen LogP contribution in [0, 0.1) is 0 Å². The number of esters is 1. The minimum Gasteiger partial charge on any atom is -0.493 e. The number of nitrogens with zero attached hydrogens (tertiary/aromatic N) is 1. The fourth-order valence-corrected chi connectivity index (χ4v) is 1.49. The van der Waals surface area contributed by atoms with E-state index in [0.717, 1.165) is 0 Å². The highest BCUT2D eigenvalue weighted by molar-refractivity contribution is 5.91. The lowest BCUT2D eigenvalue weighted by Crippen LogP contribution is -2.09. The lowest BCUT2D eigenvalue weighted by Gasteiger charge is -2.09. The van der Waals surface area contributed by atoms with Crippen LogP contribution in [0.25, 0.3) is 0 Å². The Morgan fingerprint density at radius 3 is 2.74 bits per heavy atom. The van der Waals surface area contributed by atoms with Crippen molar-refractivity contribution in [2.45, 2.75) is 0 Å². The zero-order valence-corrected chi connectivity index (χ0v) is 10.2. The van der Waals surface area contributed by atoms with Crippen LogP contribution < -0.4 is 9.47 Å². The Kier molecular flexibility index (Phi) is 3.87. The average Bonchev–Trinajstić information content (AvgIpc) is 2.48. The second kappa shape index (κ2) is 5.77. The predicted molar refractivity (Wildman–Crippen MR) is 67.6 cm³/mol. The van der Waals surface area contributed by atoms with Gasteiger partial charge in [-0.15, -0.1) is 0 Å². The average molecular weight is 257 g/mol. The summed E-state index contributed by atoms with van der Waals surface area (Å²) in [5, 5.41) is 0. The fourth-order valence-electron chi connectivity index (χ4n) is 1.49. The minimum absolute atomic E-state index is 0.195. The molecule has 2 rings (SSSR count). The molecule has 0 aliphatic carbocycles. The molecule has 1 heterocycles. The maximum absolute atomic E-state index is 11.9. The second-order valence-corrected chi connectivity index (χ2v) is 3.66. The normalized spacial score (nSPS) is 9.74. The van der Waals surface area contributed by atoms with E-state index in [9.17, 15) is 9.59 Å². The molecule has 0 N–H and O–H groups in total. The van der Waals surface area contributed by atoms with Crippen molar-refractivity contribution >= 4 is 12.3 Å². The molecule has 0 bridgehead atoms. The number of benzene rings is 1. The van der Waals surface area contributed by atoms with Gasteiger partial charge < -0.3 is 9.47 Å². The van der Waals surface area contributed by atoms with Crippen molar-refractivity contribution < 1.29 is 19.1 Å². The van der Waals surface area contributed by atoms with Gasteiger partial charge in [-0.05, 0) is 30.3 Å². The van der Waals surface area contributed by atoms with Gasteiger partial charge in [0.25, 0.3) is 0 Å². The SMILES string of the molecule is COc1ccc(C=O)cc1OC(=O)c1cccnc1. The van der Waals surface area contributed by atoms with Crippen molar-refractivity contribution in [3.05, 3.63) is 53.9 Å². The first-order valence-corrected chi connectivity index (χ1v) is 5.50. The molecule has 5 heteroatoms. The third-order valence-corrected chi connectivity index (χ3v) is 2.42. The largest absolute Gasteiger partial charge is 0.493 e. The van der Waals surface area contributed by atoms with Crippen LogP contribution >= 0.6 is 0 Å². The van der Waals surface area contributed by atoms with Crippen molar-refractivity contribution in [1.29, 1.82) is 0 Å². The summed E-state index contributed by atoms with van der Waals surface area (Å²) in [6.45, 7) is 0. The number of aldehydes is 1. The van der Waals surface area contributed by atoms with Crippen molar-refractivity contribution in [2.75, 3.05) is 7.11 Å². The van der Waals surface area contributed by atoms with Crippen LogP contribution in [0.5, 0.6) is 11.5 Å². The summed E-state index contributed by atoms with van der Waals surface area (Å²) in [6, 6.07) is 7.81. The van der Waals surface area contributed by atoms with Crippen LogP contribution in [-0.4, -0.2) is 24.3 Å². The zero-order chi connectivity index (χ0) is 13.7. The molecule has 0 aliphatic heterocycles. The van der Waals surface area contributed by atoms with E-state index in [1.807, 2.05) is 0 Å². The number of methoxy groups -OCH3 is 1. The molecule has 0 unspecified atom stereocenters. The Balaban J connectivity index is 2.27. The topological polar surface area (TPSA) is 65.5 Å². The molecular formula is C14H11NO4. The maximum atomic E-state index is 11.9. The standard InChI is InChI=1S/C14H11NO4/c1-18-12-5-4-10(9-16)7-13(12)19-14(17)11-3-2-6-15-8-11/h2-9H,1H3. The highest BCUT2D eigenvalue weighted by Crippen LogP contribution is 2.28. The second-order valence-electron chi connectivity index (χ2n) is 3.66. The van der Waals surface area contributed by atoms with Gasteiger partial charge in [-0.2, -0.15) is 0 Å². The number of ether oxygens (including phenoxy) is 2. The van der Waals surface area contributed by atoms with Gasteiger partial charge in [0.2, 0.25) is 0 Å². The molecule has 0 aliphatic rings. The van der Waals surface area contributed by atoms with E-state index in [1.165, 1.54) is 19.4 Å². The summed E-state index contributed by atoms with van der Waals surface area (Å²) < 4.78 is 10.3. The number of aromatic nitrogens is 1. The summed E-state index contributed by atoms with van der Waals surface area (Å²) in [5.41, 5.74) is 0.718. The Hall–Kier alpha value is -2.69. The molecule has 0 saturated carbocycles. The summed E-state index contributed by atoms with van der Waals surface area (Å²) in [6.07, 6.45) is 3.63. The van der Waals surface area contributed by atoms with E-state index < -0.39 is 5.97 Å².